The number of nitrogens with zero attached hydrogens (tertiary/aromatic N) is 2. The lowest BCUT2D eigenvalue weighted by molar-refractivity contribution is 0.278. The highest BCUT2D eigenvalue weighted by molar-refractivity contribution is 5.82. The number of aromatic nitrogens is 2. The molecular weight excluding hydrogens is 278 g/mol. The van der Waals surface area contributed by atoms with Gasteiger partial charge in [0, 0.05) is 23.9 Å². The molecule has 0 aliphatic carbocycles. The van der Waals surface area contributed by atoms with Crippen LogP contribution in [0.2, 0.25) is 0 Å². The number of nitrogen functional groups attached to an aromatic ring is 1. The Morgan fingerprint density at radius 2 is 2.09 bits per heavy atom. The van der Waals surface area contributed by atoms with Gasteiger partial charge in [0.05, 0.1) is 24.2 Å². The van der Waals surface area contributed by atoms with Crippen LogP contribution in [-0.4, -0.2) is 27.9 Å². The number of fused-ring (bicyclic) bond motifs is 1. The Morgan fingerprint density at radius 3 is 2.82 bits per heavy atom. The second-order valence-corrected chi connectivity index (χ2v) is 5.02. The normalized spacial score (nSPS) is 11.0. The molecule has 0 unspecified atom stereocenters. The minimum Gasteiger partial charge on any atom is -0.494 e. The Balaban J connectivity index is 2.17. The summed E-state index contributed by atoms with van der Waals surface area (Å²) in [4.78, 5) is 4.70. The summed E-state index contributed by atoms with van der Waals surface area (Å²) in [6.07, 6.45) is 0. The van der Waals surface area contributed by atoms with Crippen molar-refractivity contribution in [2.75, 3.05) is 18.9 Å². The molecule has 1 heterocycles. The van der Waals surface area contributed by atoms with Crippen LogP contribution >= 0.6 is 0 Å². The summed E-state index contributed by atoms with van der Waals surface area (Å²) in [6, 6.07) is 13.4. The average molecular weight is 297 g/mol. The van der Waals surface area contributed by atoms with Gasteiger partial charge in [-0.25, -0.2) is 4.98 Å². The van der Waals surface area contributed by atoms with Crippen LogP contribution in [0.5, 0.6) is 5.75 Å². The van der Waals surface area contributed by atoms with E-state index in [-0.39, 0.29) is 6.61 Å². The Bertz CT molecular complexity index is 796. The van der Waals surface area contributed by atoms with E-state index in [0.29, 0.717) is 18.8 Å². The summed E-state index contributed by atoms with van der Waals surface area (Å²) in [5, 5.41) is 9.36. The molecule has 0 atom stereocenters. The van der Waals surface area contributed by atoms with Crippen LogP contribution in [0.1, 0.15) is 6.92 Å². The van der Waals surface area contributed by atoms with Crippen LogP contribution in [0.15, 0.2) is 42.5 Å². The van der Waals surface area contributed by atoms with E-state index < -0.39 is 0 Å². The first-order valence-corrected chi connectivity index (χ1v) is 7.32. The van der Waals surface area contributed by atoms with E-state index in [2.05, 4.69) is 0 Å². The zero-order valence-corrected chi connectivity index (χ0v) is 12.5. The number of rotatable bonds is 5. The number of hydrogen-bond acceptors (Lipinski definition) is 4. The summed E-state index contributed by atoms with van der Waals surface area (Å²) in [5.74, 6) is 1.59. The third-order valence-electron chi connectivity index (χ3n) is 3.50. The van der Waals surface area contributed by atoms with Crippen LogP contribution in [-0.2, 0) is 6.54 Å². The second-order valence-electron chi connectivity index (χ2n) is 5.02. The molecule has 0 saturated heterocycles. The summed E-state index contributed by atoms with van der Waals surface area (Å²) in [6.45, 7) is 3.10. The zero-order chi connectivity index (χ0) is 15.5. The van der Waals surface area contributed by atoms with Crippen molar-refractivity contribution >= 4 is 16.7 Å². The van der Waals surface area contributed by atoms with E-state index in [1.165, 1.54) is 0 Å². The fourth-order valence-electron chi connectivity index (χ4n) is 2.59. The monoisotopic (exact) mass is 297 g/mol. The SMILES string of the molecule is CCOc1ccc2c(c1)nc(-c1cccc(N)c1)n2CCO. The average Bonchev–Trinajstić information content (AvgIpc) is 2.86. The van der Waals surface area contributed by atoms with Crippen molar-refractivity contribution in [3.05, 3.63) is 42.5 Å². The van der Waals surface area contributed by atoms with Crippen molar-refractivity contribution in [3.8, 4) is 17.1 Å². The minimum atomic E-state index is 0.0496. The third-order valence-corrected chi connectivity index (χ3v) is 3.50. The molecule has 0 aliphatic rings. The lowest BCUT2D eigenvalue weighted by Gasteiger charge is -2.08. The molecule has 0 saturated carbocycles. The number of benzene rings is 2. The number of hydrogen-bond donors (Lipinski definition) is 2. The van der Waals surface area contributed by atoms with Crippen molar-refractivity contribution in [2.45, 2.75) is 13.5 Å². The molecule has 114 valence electrons. The number of nitrogens with two attached hydrogens (primary N) is 1. The van der Waals surface area contributed by atoms with Crippen LogP contribution in [0.25, 0.3) is 22.4 Å². The smallest absolute Gasteiger partial charge is 0.141 e. The highest BCUT2D eigenvalue weighted by Gasteiger charge is 2.13. The fraction of sp³-hybridized carbons (Fsp3) is 0.235. The van der Waals surface area contributed by atoms with Gasteiger partial charge in [0.2, 0.25) is 0 Å². The van der Waals surface area contributed by atoms with E-state index in [4.69, 9.17) is 15.5 Å². The Morgan fingerprint density at radius 1 is 1.23 bits per heavy atom. The van der Waals surface area contributed by atoms with Crippen molar-refractivity contribution in [2.24, 2.45) is 0 Å². The summed E-state index contributed by atoms with van der Waals surface area (Å²) in [5.41, 5.74) is 9.31. The van der Waals surface area contributed by atoms with E-state index >= 15 is 0 Å². The zero-order valence-electron chi connectivity index (χ0n) is 12.5. The number of anilines is 1. The summed E-state index contributed by atoms with van der Waals surface area (Å²) >= 11 is 0. The lowest BCUT2D eigenvalue weighted by Crippen LogP contribution is -2.04. The molecule has 1 aromatic heterocycles. The first kappa shape index (κ1) is 14.4. The molecule has 0 spiro atoms. The van der Waals surface area contributed by atoms with Crippen molar-refractivity contribution in [1.29, 1.82) is 0 Å². The third kappa shape index (κ3) is 2.63. The maximum absolute atomic E-state index is 9.36. The second kappa shape index (κ2) is 6.07. The highest BCUT2D eigenvalue weighted by Crippen LogP contribution is 2.28. The largest absolute Gasteiger partial charge is 0.494 e. The topological polar surface area (TPSA) is 73.3 Å². The molecule has 3 rings (SSSR count). The van der Waals surface area contributed by atoms with Crippen molar-refractivity contribution in [1.82, 2.24) is 9.55 Å². The van der Waals surface area contributed by atoms with Gasteiger partial charge in [-0.1, -0.05) is 12.1 Å². The maximum Gasteiger partial charge on any atom is 0.141 e. The summed E-state index contributed by atoms with van der Waals surface area (Å²) in [7, 11) is 0. The molecule has 0 amide bonds. The fourth-order valence-corrected chi connectivity index (χ4v) is 2.59. The van der Waals surface area contributed by atoms with Gasteiger partial charge in [-0.3, -0.25) is 0 Å². The highest BCUT2D eigenvalue weighted by atomic mass is 16.5. The molecule has 5 nitrogen and oxygen atoms in total. The predicted octanol–water partition coefficient (Wildman–Crippen LogP) is 2.68. The molecule has 3 aromatic rings. The summed E-state index contributed by atoms with van der Waals surface area (Å²) < 4.78 is 7.53. The van der Waals surface area contributed by atoms with Crippen molar-refractivity contribution in [3.63, 3.8) is 0 Å². The van der Waals surface area contributed by atoms with Gasteiger partial charge in [0.1, 0.15) is 11.6 Å². The Labute approximate surface area is 129 Å². The molecule has 0 fully saturated rings. The van der Waals surface area contributed by atoms with Gasteiger partial charge >= 0.3 is 0 Å². The number of aliphatic hydroxyl groups is 1. The molecule has 22 heavy (non-hydrogen) atoms. The molecule has 5 heteroatoms. The van der Waals surface area contributed by atoms with Crippen LogP contribution in [0.4, 0.5) is 5.69 Å². The number of aliphatic hydroxyl groups excluding tert-OH is 1. The van der Waals surface area contributed by atoms with Gasteiger partial charge in [0.15, 0.2) is 0 Å². The van der Waals surface area contributed by atoms with Gasteiger partial charge in [-0.2, -0.15) is 0 Å². The Kier molecular flexibility index (Phi) is 3.98. The van der Waals surface area contributed by atoms with Gasteiger partial charge in [-0.15, -0.1) is 0 Å². The molecular formula is C17H19N3O2. The van der Waals surface area contributed by atoms with Gasteiger partial charge in [0.25, 0.3) is 0 Å². The van der Waals surface area contributed by atoms with E-state index in [1.807, 2.05) is 54.0 Å². The van der Waals surface area contributed by atoms with Crippen LogP contribution in [0.3, 0.4) is 0 Å². The number of imidazole rings is 1. The standard InChI is InChI=1S/C17H19N3O2/c1-2-22-14-6-7-16-15(11-14)19-17(20(16)8-9-21)12-4-3-5-13(18)10-12/h3-7,10-11,21H,2,8-9,18H2,1H3. The van der Waals surface area contributed by atoms with E-state index in [1.54, 1.807) is 0 Å². The molecule has 0 bridgehead atoms. The first-order valence-electron chi connectivity index (χ1n) is 7.32. The molecule has 0 aliphatic heterocycles. The molecule has 2 aromatic carbocycles. The Hall–Kier alpha value is -2.53. The molecule has 3 N–H and O–H groups in total. The predicted molar refractivity (Wildman–Crippen MR) is 87.8 cm³/mol. The van der Waals surface area contributed by atoms with Crippen LogP contribution < -0.4 is 10.5 Å². The minimum absolute atomic E-state index is 0.0496. The quantitative estimate of drug-likeness (QED) is 0.710. The van der Waals surface area contributed by atoms with Gasteiger partial charge < -0.3 is 20.1 Å². The van der Waals surface area contributed by atoms with Crippen molar-refractivity contribution < 1.29 is 9.84 Å². The van der Waals surface area contributed by atoms with E-state index in [9.17, 15) is 5.11 Å². The lowest BCUT2D eigenvalue weighted by atomic mass is 10.2. The van der Waals surface area contributed by atoms with Crippen LogP contribution in [0, 0.1) is 0 Å². The van der Waals surface area contributed by atoms with Gasteiger partial charge in [-0.05, 0) is 31.2 Å². The van der Waals surface area contributed by atoms with E-state index in [0.717, 1.165) is 28.2 Å². The maximum atomic E-state index is 9.36. The first-order chi connectivity index (χ1) is 10.7. The number of ether oxygens (including phenoxy) is 1. The molecule has 0 radical (unpaired) electrons.